The van der Waals surface area contributed by atoms with Crippen molar-refractivity contribution in [1.82, 2.24) is 9.55 Å². The largest absolute Gasteiger partial charge is 0.310 e. The molecule has 1 N–H and O–H groups in total. The van der Waals surface area contributed by atoms with Crippen LogP contribution in [0.2, 0.25) is 5.02 Å². The molecule has 0 saturated heterocycles. The number of hydrogen-bond donors (Lipinski definition) is 1. The van der Waals surface area contributed by atoms with E-state index in [0.717, 1.165) is 17.6 Å². The Morgan fingerprint density at radius 3 is 2.72 bits per heavy atom. The molecule has 2 heterocycles. The van der Waals surface area contributed by atoms with Crippen LogP contribution in [0.15, 0.2) is 64.4 Å². The first-order chi connectivity index (χ1) is 15.1. The lowest BCUT2D eigenvalue weighted by Gasteiger charge is -2.10. The van der Waals surface area contributed by atoms with Crippen molar-refractivity contribution in [2.45, 2.75) is 11.4 Å². The summed E-state index contributed by atoms with van der Waals surface area (Å²) in [5, 5.41) is 3.09. The average Bonchev–Trinajstić information content (AvgIpc) is 3.12. The average molecular weight is 492 g/mol. The molecule has 1 amide bonds. The smallest absolute Gasteiger partial charge is 0.258 e. The minimum atomic E-state index is -3.37. The van der Waals surface area contributed by atoms with Gasteiger partial charge in [0.05, 0.1) is 27.2 Å². The Morgan fingerprint density at radius 1 is 1.22 bits per heavy atom. The van der Waals surface area contributed by atoms with Crippen molar-refractivity contribution in [2.75, 3.05) is 11.6 Å². The summed E-state index contributed by atoms with van der Waals surface area (Å²) >= 11 is 7.16. The van der Waals surface area contributed by atoms with E-state index in [9.17, 15) is 22.4 Å². The summed E-state index contributed by atoms with van der Waals surface area (Å²) in [7, 11) is -3.37. The number of sulfone groups is 1. The fraction of sp³-hybridized carbons (Fsp3) is 0.0952. The zero-order valence-corrected chi connectivity index (χ0v) is 18.9. The van der Waals surface area contributed by atoms with E-state index in [2.05, 4.69) is 10.3 Å². The van der Waals surface area contributed by atoms with Crippen LogP contribution in [0.4, 0.5) is 9.52 Å². The molecule has 0 fully saturated rings. The number of fused-ring (bicyclic) bond motifs is 1. The lowest BCUT2D eigenvalue weighted by Crippen LogP contribution is -2.23. The number of hydrogen-bond acceptors (Lipinski definition) is 6. The predicted octanol–water partition coefficient (Wildman–Crippen LogP) is 3.95. The van der Waals surface area contributed by atoms with Crippen LogP contribution in [0.25, 0.3) is 10.2 Å². The van der Waals surface area contributed by atoms with Crippen molar-refractivity contribution in [1.29, 1.82) is 0 Å². The molecule has 164 valence electrons. The highest BCUT2D eigenvalue weighted by molar-refractivity contribution is 7.90. The maximum absolute atomic E-state index is 14.1. The van der Waals surface area contributed by atoms with E-state index in [1.807, 2.05) is 0 Å². The number of rotatable bonds is 5. The second-order valence-corrected chi connectivity index (χ2v) is 10.4. The molecule has 2 aromatic heterocycles. The predicted molar refractivity (Wildman–Crippen MR) is 122 cm³/mol. The molecule has 4 aromatic rings. The summed E-state index contributed by atoms with van der Waals surface area (Å²) in [5.41, 5.74) is 0.417. The molecule has 2 aromatic carbocycles. The van der Waals surface area contributed by atoms with Crippen molar-refractivity contribution in [2.24, 2.45) is 0 Å². The lowest BCUT2D eigenvalue weighted by molar-refractivity contribution is 0.102. The minimum absolute atomic E-state index is 0.138. The first-order valence-electron chi connectivity index (χ1n) is 9.17. The molecule has 11 heteroatoms. The second kappa shape index (κ2) is 8.45. The molecule has 0 spiro atoms. The van der Waals surface area contributed by atoms with Crippen LogP contribution in [0, 0.1) is 5.82 Å². The molecular formula is C21H15ClFN3O4S2. The fourth-order valence-corrected chi connectivity index (χ4v) is 4.85. The Morgan fingerprint density at radius 2 is 2.00 bits per heavy atom. The number of halogens is 2. The third-order valence-corrected chi connectivity index (χ3v) is 7.04. The summed E-state index contributed by atoms with van der Waals surface area (Å²) in [6.07, 6.45) is 2.43. The van der Waals surface area contributed by atoms with Crippen LogP contribution in [-0.4, -0.2) is 30.1 Å². The highest BCUT2D eigenvalue weighted by Crippen LogP contribution is 2.28. The van der Waals surface area contributed by atoms with Gasteiger partial charge in [0, 0.05) is 29.1 Å². The van der Waals surface area contributed by atoms with Gasteiger partial charge in [-0.05, 0) is 36.4 Å². The first kappa shape index (κ1) is 22.1. The van der Waals surface area contributed by atoms with Crippen LogP contribution < -0.4 is 10.9 Å². The number of carbonyl (C=O) groups is 1. The summed E-state index contributed by atoms with van der Waals surface area (Å²) in [5.74, 6) is -1.08. The monoisotopic (exact) mass is 491 g/mol. The summed E-state index contributed by atoms with van der Waals surface area (Å²) in [4.78, 5) is 29.4. The zero-order valence-electron chi connectivity index (χ0n) is 16.5. The molecule has 0 aliphatic rings. The SMILES string of the molecule is CS(=O)(=O)c1ccc2nc(NC(=O)c3ccc(=O)n(Cc4c(F)cccc4Cl)c3)sc2c1. The van der Waals surface area contributed by atoms with Gasteiger partial charge in [0.25, 0.3) is 11.5 Å². The van der Waals surface area contributed by atoms with Gasteiger partial charge in [-0.15, -0.1) is 0 Å². The highest BCUT2D eigenvalue weighted by Gasteiger charge is 2.15. The zero-order chi connectivity index (χ0) is 23.0. The minimum Gasteiger partial charge on any atom is -0.310 e. The number of nitrogens with zero attached hydrogens (tertiary/aromatic N) is 2. The Labute approximate surface area is 191 Å². The maximum atomic E-state index is 14.1. The van der Waals surface area contributed by atoms with Crippen LogP contribution in [0.5, 0.6) is 0 Å². The molecule has 32 heavy (non-hydrogen) atoms. The van der Waals surface area contributed by atoms with Gasteiger partial charge in [0.15, 0.2) is 15.0 Å². The normalized spacial score (nSPS) is 11.6. The Kier molecular flexibility index (Phi) is 5.85. The van der Waals surface area contributed by atoms with E-state index >= 15 is 0 Å². The lowest BCUT2D eigenvalue weighted by atomic mass is 10.2. The summed E-state index contributed by atoms with van der Waals surface area (Å²) in [6, 6.07) is 11.3. The number of anilines is 1. The van der Waals surface area contributed by atoms with Crippen LogP contribution in [-0.2, 0) is 16.4 Å². The quantitative estimate of drug-likeness (QED) is 0.455. The molecule has 0 saturated carbocycles. The fourth-order valence-electron chi connectivity index (χ4n) is 3.00. The van der Waals surface area contributed by atoms with Gasteiger partial charge < -0.3 is 4.57 Å². The van der Waals surface area contributed by atoms with Crippen molar-refractivity contribution in [3.63, 3.8) is 0 Å². The molecule has 0 aliphatic carbocycles. The van der Waals surface area contributed by atoms with Gasteiger partial charge in [-0.2, -0.15) is 0 Å². The summed E-state index contributed by atoms with van der Waals surface area (Å²) in [6.45, 7) is -0.138. The van der Waals surface area contributed by atoms with Gasteiger partial charge in [-0.3, -0.25) is 14.9 Å². The van der Waals surface area contributed by atoms with E-state index < -0.39 is 27.1 Å². The number of amides is 1. The first-order valence-corrected chi connectivity index (χ1v) is 12.3. The summed E-state index contributed by atoms with van der Waals surface area (Å²) < 4.78 is 39.4. The van der Waals surface area contributed by atoms with Crippen molar-refractivity contribution >= 4 is 54.0 Å². The number of aromatic nitrogens is 2. The molecule has 0 aliphatic heterocycles. The number of pyridine rings is 1. The third-order valence-electron chi connectivity index (χ3n) is 4.64. The molecule has 0 radical (unpaired) electrons. The van der Waals surface area contributed by atoms with Crippen molar-refractivity contribution < 1.29 is 17.6 Å². The third kappa shape index (κ3) is 4.57. The highest BCUT2D eigenvalue weighted by atomic mass is 35.5. The standard InChI is InChI=1S/C21H15ClFN3O4S2/c1-32(29,30)13-6-7-17-18(9-13)31-21(24-17)25-20(28)12-5-8-19(27)26(10-12)11-14-15(22)3-2-4-16(14)23/h2-10H,11H2,1H3,(H,24,25,28). The van der Waals surface area contributed by atoms with Crippen molar-refractivity contribution in [3.05, 3.63) is 87.0 Å². The number of nitrogens with one attached hydrogen (secondary N) is 1. The van der Waals surface area contributed by atoms with E-state index in [1.165, 1.54) is 53.2 Å². The maximum Gasteiger partial charge on any atom is 0.258 e. The van der Waals surface area contributed by atoms with Gasteiger partial charge in [-0.1, -0.05) is 29.0 Å². The van der Waals surface area contributed by atoms with E-state index in [-0.39, 0.29) is 32.7 Å². The van der Waals surface area contributed by atoms with E-state index in [0.29, 0.717) is 10.2 Å². The van der Waals surface area contributed by atoms with Gasteiger partial charge in [-0.25, -0.2) is 17.8 Å². The molecule has 7 nitrogen and oxygen atoms in total. The molecule has 0 bridgehead atoms. The molecule has 0 unspecified atom stereocenters. The molecular weight excluding hydrogens is 477 g/mol. The van der Waals surface area contributed by atoms with Gasteiger partial charge in [0.2, 0.25) is 0 Å². The number of thiazole rings is 1. The van der Waals surface area contributed by atoms with Crippen LogP contribution in [0.1, 0.15) is 15.9 Å². The Bertz CT molecular complexity index is 1510. The van der Waals surface area contributed by atoms with E-state index in [1.54, 1.807) is 6.07 Å². The van der Waals surface area contributed by atoms with Gasteiger partial charge in [0.1, 0.15) is 5.82 Å². The van der Waals surface area contributed by atoms with E-state index in [4.69, 9.17) is 11.6 Å². The van der Waals surface area contributed by atoms with Crippen LogP contribution in [0.3, 0.4) is 0 Å². The molecule has 0 atom stereocenters. The molecule has 4 rings (SSSR count). The Hall–Kier alpha value is -3.08. The second-order valence-electron chi connectivity index (χ2n) is 6.96. The van der Waals surface area contributed by atoms with Crippen molar-refractivity contribution in [3.8, 4) is 0 Å². The van der Waals surface area contributed by atoms with Gasteiger partial charge >= 0.3 is 0 Å². The topological polar surface area (TPSA) is 98.1 Å². The van der Waals surface area contributed by atoms with Crippen LogP contribution >= 0.6 is 22.9 Å². The number of benzene rings is 2. The Balaban J connectivity index is 1.60. The number of carbonyl (C=O) groups excluding carboxylic acids is 1.